The summed E-state index contributed by atoms with van der Waals surface area (Å²) in [5, 5.41) is 17.6. The molecule has 0 saturated carbocycles. The van der Waals surface area contributed by atoms with E-state index in [0.717, 1.165) is 31.6 Å². The zero-order valence-corrected chi connectivity index (χ0v) is 8.48. The van der Waals surface area contributed by atoms with Gasteiger partial charge in [-0.1, -0.05) is 0 Å². The Hall–Kier alpha value is -0.870. The van der Waals surface area contributed by atoms with Gasteiger partial charge in [-0.2, -0.15) is 5.10 Å². The van der Waals surface area contributed by atoms with Crippen molar-refractivity contribution in [2.24, 2.45) is 0 Å². The van der Waals surface area contributed by atoms with E-state index in [0.29, 0.717) is 0 Å². The summed E-state index contributed by atoms with van der Waals surface area (Å²) in [6.07, 6.45) is 3.54. The number of aromatic nitrogens is 2. The van der Waals surface area contributed by atoms with Crippen LogP contribution < -0.4 is 5.32 Å². The van der Waals surface area contributed by atoms with E-state index in [2.05, 4.69) is 10.4 Å². The second-order valence-electron chi connectivity index (χ2n) is 3.72. The van der Waals surface area contributed by atoms with Gasteiger partial charge in [-0.25, -0.2) is 0 Å². The van der Waals surface area contributed by atoms with Gasteiger partial charge >= 0.3 is 0 Å². The molecule has 1 aromatic heterocycles. The molecule has 0 aliphatic carbocycles. The van der Waals surface area contributed by atoms with E-state index < -0.39 is 6.10 Å². The third kappa shape index (κ3) is 1.67. The monoisotopic (exact) mass is 195 g/mol. The van der Waals surface area contributed by atoms with Gasteiger partial charge < -0.3 is 10.4 Å². The third-order valence-electron chi connectivity index (χ3n) is 2.83. The van der Waals surface area contributed by atoms with Gasteiger partial charge in [0, 0.05) is 18.8 Å². The fourth-order valence-electron chi connectivity index (χ4n) is 2.05. The molecule has 0 radical (unpaired) electrons. The van der Waals surface area contributed by atoms with E-state index in [1.54, 1.807) is 6.20 Å². The van der Waals surface area contributed by atoms with Crippen LogP contribution in [0.25, 0.3) is 0 Å². The number of rotatable bonds is 3. The van der Waals surface area contributed by atoms with Gasteiger partial charge in [-0.3, -0.25) is 4.68 Å². The first-order valence-electron chi connectivity index (χ1n) is 5.26. The largest absolute Gasteiger partial charge is 0.385 e. The highest BCUT2D eigenvalue weighted by atomic mass is 16.3. The molecule has 1 aliphatic rings. The fourth-order valence-corrected chi connectivity index (χ4v) is 2.05. The summed E-state index contributed by atoms with van der Waals surface area (Å²) in [5.74, 6) is 0. The number of hydrogen-bond donors (Lipinski definition) is 2. The van der Waals surface area contributed by atoms with Crippen LogP contribution in [0.1, 0.15) is 31.6 Å². The van der Waals surface area contributed by atoms with Crippen molar-refractivity contribution in [3.8, 4) is 0 Å². The van der Waals surface area contributed by atoms with Crippen molar-refractivity contribution in [3.63, 3.8) is 0 Å². The standard InChI is InChI=1S/C10H17N3O/c1-2-13-9(5-7-12-13)10(14)8-4-3-6-11-8/h5,7-8,10-11,14H,2-4,6H2,1H3/t8-,10?/m1/s1. The molecule has 1 aliphatic heterocycles. The van der Waals surface area contributed by atoms with E-state index in [1.165, 1.54) is 0 Å². The Morgan fingerprint density at radius 3 is 3.29 bits per heavy atom. The Kier molecular flexibility index (Phi) is 2.84. The van der Waals surface area contributed by atoms with Gasteiger partial charge in [0.2, 0.25) is 0 Å². The summed E-state index contributed by atoms with van der Waals surface area (Å²) in [6.45, 7) is 3.86. The Bertz CT molecular complexity index is 291. The van der Waals surface area contributed by atoms with Gasteiger partial charge in [0.05, 0.1) is 5.69 Å². The van der Waals surface area contributed by atoms with E-state index in [4.69, 9.17) is 0 Å². The van der Waals surface area contributed by atoms with Crippen LogP contribution in [0, 0.1) is 0 Å². The predicted molar refractivity (Wildman–Crippen MR) is 53.9 cm³/mol. The van der Waals surface area contributed by atoms with Crippen molar-refractivity contribution in [1.82, 2.24) is 15.1 Å². The molecule has 78 valence electrons. The molecule has 1 saturated heterocycles. The van der Waals surface area contributed by atoms with E-state index in [1.807, 2.05) is 17.7 Å². The molecule has 1 unspecified atom stereocenters. The number of nitrogens with one attached hydrogen (secondary N) is 1. The fraction of sp³-hybridized carbons (Fsp3) is 0.700. The van der Waals surface area contributed by atoms with Crippen molar-refractivity contribution in [2.45, 2.75) is 38.5 Å². The van der Waals surface area contributed by atoms with Gasteiger partial charge in [0.1, 0.15) is 6.10 Å². The van der Waals surface area contributed by atoms with Crippen molar-refractivity contribution in [3.05, 3.63) is 18.0 Å². The SMILES string of the molecule is CCn1nccc1C(O)[C@H]1CCCN1. The van der Waals surface area contributed by atoms with Crippen molar-refractivity contribution >= 4 is 0 Å². The van der Waals surface area contributed by atoms with E-state index in [9.17, 15) is 5.11 Å². The number of aryl methyl sites for hydroxylation is 1. The molecule has 1 aromatic rings. The Labute approximate surface area is 83.9 Å². The highest BCUT2D eigenvalue weighted by Gasteiger charge is 2.25. The van der Waals surface area contributed by atoms with Crippen LogP contribution >= 0.6 is 0 Å². The maximum atomic E-state index is 10.1. The molecule has 2 atom stereocenters. The lowest BCUT2D eigenvalue weighted by molar-refractivity contribution is 0.127. The molecule has 2 heterocycles. The lowest BCUT2D eigenvalue weighted by Gasteiger charge is -2.18. The van der Waals surface area contributed by atoms with Gasteiger partial charge in [-0.05, 0) is 32.4 Å². The molecule has 2 N–H and O–H groups in total. The van der Waals surface area contributed by atoms with Crippen LogP contribution in [0.15, 0.2) is 12.3 Å². The highest BCUT2D eigenvalue weighted by Crippen LogP contribution is 2.22. The summed E-state index contributed by atoms with van der Waals surface area (Å²) >= 11 is 0. The highest BCUT2D eigenvalue weighted by molar-refractivity contribution is 5.08. The lowest BCUT2D eigenvalue weighted by Crippen LogP contribution is -2.30. The van der Waals surface area contributed by atoms with Gasteiger partial charge in [0.25, 0.3) is 0 Å². The average molecular weight is 195 g/mol. The maximum Gasteiger partial charge on any atom is 0.111 e. The molecule has 0 spiro atoms. The van der Waals surface area contributed by atoms with Crippen molar-refractivity contribution in [1.29, 1.82) is 0 Å². The van der Waals surface area contributed by atoms with Crippen LogP contribution in [-0.2, 0) is 6.54 Å². The quantitative estimate of drug-likeness (QED) is 0.746. The van der Waals surface area contributed by atoms with Crippen LogP contribution in [0.5, 0.6) is 0 Å². The second kappa shape index (κ2) is 4.11. The molecule has 0 bridgehead atoms. The average Bonchev–Trinajstić information content (AvgIpc) is 2.87. The van der Waals surface area contributed by atoms with Gasteiger partial charge in [-0.15, -0.1) is 0 Å². The van der Waals surface area contributed by atoms with Crippen molar-refractivity contribution in [2.75, 3.05) is 6.54 Å². The minimum atomic E-state index is -0.417. The predicted octanol–water partition coefficient (Wildman–Crippen LogP) is 0.688. The second-order valence-corrected chi connectivity index (χ2v) is 3.72. The first kappa shape index (κ1) is 9.68. The number of nitrogens with zero attached hydrogens (tertiary/aromatic N) is 2. The zero-order valence-electron chi connectivity index (χ0n) is 8.48. The number of aliphatic hydroxyl groups is 1. The summed E-state index contributed by atoms with van der Waals surface area (Å²) in [6, 6.07) is 2.10. The molecule has 1 fully saturated rings. The molecular weight excluding hydrogens is 178 g/mol. The molecule has 2 rings (SSSR count). The summed E-state index contributed by atoms with van der Waals surface area (Å²) in [7, 11) is 0. The van der Waals surface area contributed by atoms with Crippen LogP contribution in [-0.4, -0.2) is 27.5 Å². The summed E-state index contributed by atoms with van der Waals surface area (Å²) < 4.78 is 1.85. The van der Waals surface area contributed by atoms with E-state index in [-0.39, 0.29) is 6.04 Å². The Balaban J connectivity index is 2.12. The maximum absolute atomic E-state index is 10.1. The molecule has 14 heavy (non-hydrogen) atoms. The first-order valence-corrected chi connectivity index (χ1v) is 5.26. The Morgan fingerprint density at radius 1 is 1.79 bits per heavy atom. The normalized spacial score (nSPS) is 24.0. The minimum absolute atomic E-state index is 0.206. The topological polar surface area (TPSA) is 50.1 Å². The molecule has 4 heteroatoms. The van der Waals surface area contributed by atoms with Crippen LogP contribution in [0.4, 0.5) is 0 Å². The first-order chi connectivity index (χ1) is 6.83. The van der Waals surface area contributed by atoms with Crippen LogP contribution in [0.3, 0.4) is 0 Å². The summed E-state index contributed by atoms with van der Waals surface area (Å²) in [5.41, 5.74) is 0.923. The lowest BCUT2D eigenvalue weighted by atomic mass is 10.1. The molecular formula is C10H17N3O. The summed E-state index contributed by atoms with van der Waals surface area (Å²) in [4.78, 5) is 0. The molecule has 4 nitrogen and oxygen atoms in total. The third-order valence-corrected chi connectivity index (χ3v) is 2.83. The van der Waals surface area contributed by atoms with Gasteiger partial charge in [0.15, 0.2) is 0 Å². The zero-order chi connectivity index (χ0) is 9.97. The number of hydrogen-bond acceptors (Lipinski definition) is 3. The Morgan fingerprint density at radius 2 is 2.64 bits per heavy atom. The molecule has 0 aromatic carbocycles. The van der Waals surface area contributed by atoms with Crippen LogP contribution in [0.2, 0.25) is 0 Å². The number of aliphatic hydroxyl groups excluding tert-OH is 1. The van der Waals surface area contributed by atoms with E-state index >= 15 is 0 Å². The smallest absolute Gasteiger partial charge is 0.111 e. The van der Waals surface area contributed by atoms with Crippen molar-refractivity contribution < 1.29 is 5.11 Å². The molecule has 0 amide bonds. The minimum Gasteiger partial charge on any atom is -0.385 e.